The zero-order valence-corrected chi connectivity index (χ0v) is 11.6. The van der Waals surface area contributed by atoms with Crippen molar-refractivity contribution in [3.63, 3.8) is 0 Å². The molecule has 90 valence electrons. The SMILES string of the molecule is CNc1ncnc(NCC(C)(C)OC)c1Br. The lowest BCUT2D eigenvalue weighted by Crippen LogP contribution is -2.32. The average molecular weight is 289 g/mol. The zero-order chi connectivity index (χ0) is 12.2. The van der Waals surface area contributed by atoms with E-state index in [0.717, 1.165) is 16.1 Å². The van der Waals surface area contributed by atoms with E-state index in [-0.39, 0.29) is 5.60 Å². The summed E-state index contributed by atoms with van der Waals surface area (Å²) >= 11 is 3.44. The number of halogens is 1. The Morgan fingerprint density at radius 3 is 2.56 bits per heavy atom. The van der Waals surface area contributed by atoms with Crippen LogP contribution in [0.2, 0.25) is 0 Å². The first-order valence-electron chi connectivity index (χ1n) is 4.97. The lowest BCUT2D eigenvalue weighted by molar-refractivity contribution is 0.0343. The van der Waals surface area contributed by atoms with Crippen LogP contribution in [-0.4, -0.2) is 36.3 Å². The van der Waals surface area contributed by atoms with Gasteiger partial charge in [-0.25, -0.2) is 9.97 Å². The van der Waals surface area contributed by atoms with Crippen molar-refractivity contribution in [3.05, 3.63) is 10.8 Å². The molecule has 1 heterocycles. The fraction of sp³-hybridized carbons (Fsp3) is 0.600. The van der Waals surface area contributed by atoms with E-state index in [4.69, 9.17) is 4.74 Å². The summed E-state index contributed by atoms with van der Waals surface area (Å²) in [6, 6.07) is 0. The summed E-state index contributed by atoms with van der Waals surface area (Å²) in [5.74, 6) is 1.51. The minimum Gasteiger partial charge on any atom is -0.377 e. The van der Waals surface area contributed by atoms with Crippen LogP contribution in [0.1, 0.15) is 13.8 Å². The Hall–Kier alpha value is -0.880. The summed E-state index contributed by atoms with van der Waals surface area (Å²) in [6.07, 6.45) is 1.51. The Bertz CT molecular complexity index is 357. The van der Waals surface area contributed by atoms with Gasteiger partial charge in [-0.2, -0.15) is 0 Å². The highest BCUT2D eigenvalue weighted by Gasteiger charge is 2.17. The fourth-order valence-corrected chi connectivity index (χ4v) is 1.58. The van der Waals surface area contributed by atoms with E-state index in [1.807, 2.05) is 20.9 Å². The molecular formula is C10H17BrN4O. The topological polar surface area (TPSA) is 59.1 Å². The first kappa shape index (κ1) is 13.2. The van der Waals surface area contributed by atoms with E-state index in [1.54, 1.807) is 7.11 Å². The Kier molecular flexibility index (Phi) is 4.49. The van der Waals surface area contributed by atoms with Gasteiger partial charge >= 0.3 is 0 Å². The van der Waals surface area contributed by atoms with Crippen molar-refractivity contribution in [2.45, 2.75) is 19.4 Å². The van der Waals surface area contributed by atoms with E-state index in [2.05, 4.69) is 36.5 Å². The highest BCUT2D eigenvalue weighted by molar-refractivity contribution is 9.10. The first-order chi connectivity index (χ1) is 7.50. The molecule has 0 aliphatic heterocycles. The highest BCUT2D eigenvalue weighted by Crippen LogP contribution is 2.26. The van der Waals surface area contributed by atoms with Crippen molar-refractivity contribution in [1.29, 1.82) is 0 Å². The molecule has 0 spiro atoms. The second kappa shape index (κ2) is 5.45. The van der Waals surface area contributed by atoms with E-state index < -0.39 is 0 Å². The van der Waals surface area contributed by atoms with Crippen LogP contribution < -0.4 is 10.6 Å². The van der Waals surface area contributed by atoms with Gasteiger partial charge in [-0.3, -0.25) is 0 Å². The van der Waals surface area contributed by atoms with Crippen LogP contribution in [0.25, 0.3) is 0 Å². The minimum absolute atomic E-state index is 0.232. The van der Waals surface area contributed by atoms with Crippen molar-refractivity contribution in [3.8, 4) is 0 Å². The summed E-state index contributed by atoms with van der Waals surface area (Å²) in [4.78, 5) is 8.24. The molecule has 2 N–H and O–H groups in total. The van der Waals surface area contributed by atoms with Gasteiger partial charge in [-0.15, -0.1) is 0 Å². The number of anilines is 2. The van der Waals surface area contributed by atoms with Gasteiger partial charge < -0.3 is 15.4 Å². The predicted octanol–water partition coefficient (Wildman–Crippen LogP) is 2.12. The van der Waals surface area contributed by atoms with Crippen LogP contribution in [-0.2, 0) is 4.74 Å². The third-order valence-electron chi connectivity index (χ3n) is 2.26. The van der Waals surface area contributed by atoms with Gasteiger partial charge in [0.15, 0.2) is 0 Å². The standard InChI is InChI=1S/C10H17BrN4O/c1-10(2,16-4)5-13-9-7(11)8(12-3)14-6-15-9/h6H,5H2,1-4H3,(H2,12,13,14,15). The lowest BCUT2D eigenvalue weighted by atomic mass is 10.1. The monoisotopic (exact) mass is 288 g/mol. The van der Waals surface area contributed by atoms with Gasteiger partial charge in [0.1, 0.15) is 22.4 Å². The predicted molar refractivity (Wildman–Crippen MR) is 68.9 cm³/mol. The minimum atomic E-state index is -0.232. The summed E-state index contributed by atoms with van der Waals surface area (Å²) in [6.45, 7) is 4.68. The molecule has 0 fully saturated rings. The Labute approximate surface area is 104 Å². The van der Waals surface area contributed by atoms with E-state index in [0.29, 0.717) is 6.54 Å². The van der Waals surface area contributed by atoms with Crippen LogP contribution in [0, 0.1) is 0 Å². The molecule has 1 aromatic heterocycles. The summed E-state index contributed by atoms with van der Waals surface area (Å²) in [5, 5.41) is 6.19. The molecule has 1 aromatic rings. The van der Waals surface area contributed by atoms with Crippen LogP contribution in [0.15, 0.2) is 10.8 Å². The molecule has 0 amide bonds. The van der Waals surface area contributed by atoms with Crippen molar-refractivity contribution < 1.29 is 4.74 Å². The Morgan fingerprint density at radius 2 is 2.00 bits per heavy atom. The van der Waals surface area contributed by atoms with Gasteiger partial charge in [0.25, 0.3) is 0 Å². The average Bonchev–Trinajstić information content (AvgIpc) is 2.28. The molecule has 6 heteroatoms. The number of nitrogens with zero attached hydrogens (tertiary/aromatic N) is 2. The van der Waals surface area contributed by atoms with Gasteiger partial charge in [-0.05, 0) is 29.8 Å². The number of nitrogens with one attached hydrogen (secondary N) is 2. The largest absolute Gasteiger partial charge is 0.377 e. The third-order valence-corrected chi connectivity index (χ3v) is 3.01. The molecule has 0 unspecified atom stereocenters. The maximum atomic E-state index is 5.32. The fourth-order valence-electron chi connectivity index (χ4n) is 1.04. The highest BCUT2D eigenvalue weighted by atomic mass is 79.9. The Balaban J connectivity index is 2.75. The summed E-state index contributed by atoms with van der Waals surface area (Å²) < 4.78 is 6.14. The molecule has 0 saturated heterocycles. The second-order valence-electron chi connectivity index (χ2n) is 3.95. The number of hydrogen-bond acceptors (Lipinski definition) is 5. The van der Waals surface area contributed by atoms with Crippen LogP contribution in [0.5, 0.6) is 0 Å². The molecule has 0 saturated carbocycles. The second-order valence-corrected chi connectivity index (χ2v) is 4.75. The molecule has 5 nitrogen and oxygen atoms in total. The maximum Gasteiger partial charge on any atom is 0.146 e. The van der Waals surface area contributed by atoms with Crippen molar-refractivity contribution in [2.24, 2.45) is 0 Å². The third kappa shape index (κ3) is 3.31. The molecule has 0 radical (unpaired) electrons. The molecular weight excluding hydrogens is 272 g/mol. The quantitative estimate of drug-likeness (QED) is 0.869. The number of ether oxygens (including phenoxy) is 1. The van der Waals surface area contributed by atoms with Crippen molar-refractivity contribution in [2.75, 3.05) is 31.3 Å². The van der Waals surface area contributed by atoms with Crippen LogP contribution in [0.3, 0.4) is 0 Å². The molecule has 0 atom stereocenters. The Morgan fingerprint density at radius 1 is 1.38 bits per heavy atom. The molecule has 0 aliphatic rings. The van der Waals surface area contributed by atoms with E-state index >= 15 is 0 Å². The number of rotatable bonds is 5. The van der Waals surface area contributed by atoms with Gasteiger partial charge in [0, 0.05) is 20.7 Å². The number of aromatic nitrogens is 2. The molecule has 16 heavy (non-hydrogen) atoms. The van der Waals surface area contributed by atoms with Crippen molar-refractivity contribution in [1.82, 2.24) is 9.97 Å². The normalized spacial score (nSPS) is 11.3. The first-order valence-corrected chi connectivity index (χ1v) is 5.77. The van der Waals surface area contributed by atoms with Gasteiger partial charge in [0.2, 0.25) is 0 Å². The van der Waals surface area contributed by atoms with Crippen LogP contribution in [0.4, 0.5) is 11.6 Å². The summed E-state index contributed by atoms with van der Waals surface area (Å²) in [7, 11) is 3.51. The molecule has 0 aromatic carbocycles. The molecule has 1 rings (SSSR count). The zero-order valence-electron chi connectivity index (χ0n) is 9.97. The lowest BCUT2D eigenvalue weighted by Gasteiger charge is -2.23. The number of hydrogen-bond donors (Lipinski definition) is 2. The van der Waals surface area contributed by atoms with Gasteiger partial charge in [-0.1, -0.05) is 0 Å². The van der Waals surface area contributed by atoms with E-state index in [9.17, 15) is 0 Å². The maximum absolute atomic E-state index is 5.32. The van der Waals surface area contributed by atoms with Crippen molar-refractivity contribution >= 4 is 27.6 Å². The van der Waals surface area contributed by atoms with E-state index in [1.165, 1.54) is 6.33 Å². The van der Waals surface area contributed by atoms with Gasteiger partial charge in [0.05, 0.1) is 5.60 Å². The van der Waals surface area contributed by atoms with Crippen LogP contribution >= 0.6 is 15.9 Å². The smallest absolute Gasteiger partial charge is 0.146 e. The number of methoxy groups -OCH3 is 1. The summed E-state index contributed by atoms with van der Waals surface area (Å²) in [5.41, 5.74) is -0.232. The molecule has 0 bridgehead atoms. The molecule has 0 aliphatic carbocycles.